The SMILES string of the molecule is COC(C)C(C)NCCc1cc(C)sc1C. The summed E-state index contributed by atoms with van der Waals surface area (Å²) < 4.78 is 5.28. The van der Waals surface area contributed by atoms with Gasteiger partial charge in [-0.05, 0) is 52.3 Å². The lowest BCUT2D eigenvalue weighted by Crippen LogP contribution is -2.37. The molecule has 16 heavy (non-hydrogen) atoms. The Morgan fingerprint density at radius 1 is 1.38 bits per heavy atom. The van der Waals surface area contributed by atoms with Crippen LogP contribution in [0.3, 0.4) is 0 Å². The third-order valence-electron chi connectivity index (χ3n) is 3.08. The van der Waals surface area contributed by atoms with Crippen LogP contribution in [0.25, 0.3) is 0 Å². The number of nitrogens with one attached hydrogen (secondary N) is 1. The molecule has 0 fully saturated rings. The first-order valence-corrected chi connectivity index (χ1v) is 6.68. The Morgan fingerprint density at radius 2 is 2.06 bits per heavy atom. The van der Waals surface area contributed by atoms with Gasteiger partial charge in [-0.1, -0.05) is 0 Å². The molecular weight excluding hydrogens is 218 g/mol. The molecule has 0 bridgehead atoms. The van der Waals surface area contributed by atoms with Crippen molar-refractivity contribution in [2.75, 3.05) is 13.7 Å². The van der Waals surface area contributed by atoms with E-state index in [-0.39, 0.29) is 6.10 Å². The second-order valence-corrected chi connectivity index (χ2v) is 5.83. The highest BCUT2D eigenvalue weighted by atomic mass is 32.1. The van der Waals surface area contributed by atoms with Crippen molar-refractivity contribution in [1.29, 1.82) is 0 Å². The van der Waals surface area contributed by atoms with Gasteiger partial charge in [0, 0.05) is 22.9 Å². The van der Waals surface area contributed by atoms with E-state index in [1.807, 2.05) is 11.3 Å². The molecule has 1 N–H and O–H groups in total. The number of rotatable bonds is 6. The van der Waals surface area contributed by atoms with Crippen LogP contribution in [0.4, 0.5) is 0 Å². The Morgan fingerprint density at radius 3 is 2.56 bits per heavy atom. The van der Waals surface area contributed by atoms with Crippen molar-refractivity contribution in [3.05, 3.63) is 21.4 Å². The average molecular weight is 241 g/mol. The predicted octanol–water partition coefficient (Wildman–Crippen LogP) is 2.92. The van der Waals surface area contributed by atoms with Gasteiger partial charge in [-0.15, -0.1) is 11.3 Å². The van der Waals surface area contributed by atoms with Crippen LogP contribution in [-0.4, -0.2) is 25.8 Å². The molecule has 1 heterocycles. The number of aryl methyl sites for hydroxylation is 2. The molecule has 0 aromatic carbocycles. The van der Waals surface area contributed by atoms with E-state index in [1.54, 1.807) is 7.11 Å². The largest absolute Gasteiger partial charge is 0.380 e. The van der Waals surface area contributed by atoms with Gasteiger partial charge in [-0.3, -0.25) is 0 Å². The maximum Gasteiger partial charge on any atom is 0.0693 e. The van der Waals surface area contributed by atoms with Gasteiger partial charge in [-0.25, -0.2) is 0 Å². The molecule has 0 aliphatic heterocycles. The van der Waals surface area contributed by atoms with Crippen molar-refractivity contribution < 1.29 is 4.74 Å². The molecule has 0 radical (unpaired) electrons. The third kappa shape index (κ3) is 3.89. The summed E-state index contributed by atoms with van der Waals surface area (Å²) in [6, 6.07) is 2.71. The summed E-state index contributed by atoms with van der Waals surface area (Å²) in [5.41, 5.74) is 1.48. The third-order valence-corrected chi connectivity index (χ3v) is 4.09. The summed E-state index contributed by atoms with van der Waals surface area (Å²) in [5, 5.41) is 3.50. The van der Waals surface area contributed by atoms with Crippen molar-refractivity contribution >= 4 is 11.3 Å². The molecule has 2 nitrogen and oxygen atoms in total. The summed E-state index contributed by atoms with van der Waals surface area (Å²) in [4.78, 5) is 2.86. The van der Waals surface area contributed by atoms with Gasteiger partial charge in [0.25, 0.3) is 0 Å². The molecule has 0 saturated carbocycles. The molecule has 2 unspecified atom stereocenters. The lowest BCUT2D eigenvalue weighted by Gasteiger charge is -2.19. The molecule has 1 aromatic rings. The van der Waals surface area contributed by atoms with Crippen molar-refractivity contribution in [2.24, 2.45) is 0 Å². The first-order chi connectivity index (χ1) is 7.54. The van der Waals surface area contributed by atoms with E-state index in [0.717, 1.165) is 13.0 Å². The highest BCUT2D eigenvalue weighted by molar-refractivity contribution is 7.12. The summed E-state index contributed by atoms with van der Waals surface area (Å²) in [5.74, 6) is 0. The van der Waals surface area contributed by atoms with Gasteiger partial charge in [-0.2, -0.15) is 0 Å². The van der Waals surface area contributed by atoms with Crippen molar-refractivity contribution in [3.8, 4) is 0 Å². The van der Waals surface area contributed by atoms with Gasteiger partial charge >= 0.3 is 0 Å². The molecule has 0 aliphatic carbocycles. The molecule has 0 aliphatic rings. The highest BCUT2D eigenvalue weighted by Gasteiger charge is 2.10. The van der Waals surface area contributed by atoms with Crippen LogP contribution in [0.5, 0.6) is 0 Å². The number of thiophene rings is 1. The Kier molecular flexibility index (Phi) is 5.46. The monoisotopic (exact) mass is 241 g/mol. The lowest BCUT2D eigenvalue weighted by atomic mass is 10.1. The molecule has 0 spiro atoms. The van der Waals surface area contributed by atoms with Crippen LogP contribution in [0, 0.1) is 13.8 Å². The Balaban J connectivity index is 2.33. The second-order valence-electron chi connectivity index (χ2n) is 4.37. The van der Waals surface area contributed by atoms with E-state index >= 15 is 0 Å². The fraction of sp³-hybridized carbons (Fsp3) is 0.692. The van der Waals surface area contributed by atoms with Crippen molar-refractivity contribution in [2.45, 2.75) is 46.3 Å². The van der Waals surface area contributed by atoms with Crippen molar-refractivity contribution in [3.63, 3.8) is 0 Å². The molecule has 3 heteroatoms. The van der Waals surface area contributed by atoms with E-state index in [2.05, 4.69) is 39.1 Å². The number of ether oxygens (including phenoxy) is 1. The zero-order valence-corrected chi connectivity index (χ0v) is 11.8. The quantitative estimate of drug-likeness (QED) is 0.827. The van der Waals surface area contributed by atoms with Crippen molar-refractivity contribution in [1.82, 2.24) is 5.32 Å². The minimum absolute atomic E-state index is 0.269. The van der Waals surface area contributed by atoms with E-state index in [0.29, 0.717) is 6.04 Å². The maximum atomic E-state index is 5.28. The summed E-state index contributed by atoms with van der Waals surface area (Å²) in [6.07, 6.45) is 1.38. The topological polar surface area (TPSA) is 21.3 Å². The molecule has 1 aromatic heterocycles. The molecule has 1 rings (SSSR count). The molecule has 2 atom stereocenters. The minimum Gasteiger partial charge on any atom is -0.380 e. The first-order valence-electron chi connectivity index (χ1n) is 5.86. The van der Waals surface area contributed by atoms with Crippen LogP contribution in [-0.2, 0) is 11.2 Å². The van der Waals surface area contributed by atoms with E-state index in [4.69, 9.17) is 4.74 Å². The molecule has 0 amide bonds. The van der Waals surface area contributed by atoms with Crippen LogP contribution >= 0.6 is 11.3 Å². The Bertz CT molecular complexity index is 322. The molecule has 0 saturated heterocycles. The van der Waals surface area contributed by atoms with Crippen LogP contribution in [0.1, 0.15) is 29.2 Å². The van der Waals surface area contributed by atoms with Crippen LogP contribution in [0.2, 0.25) is 0 Å². The smallest absolute Gasteiger partial charge is 0.0693 e. The zero-order valence-electron chi connectivity index (χ0n) is 11.0. The number of hydrogen-bond donors (Lipinski definition) is 1. The fourth-order valence-electron chi connectivity index (χ4n) is 1.74. The standard InChI is InChI=1S/C13H23NOS/c1-9-8-13(12(4)16-9)6-7-14-10(2)11(3)15-5/h8,10-11,14H,6-7H2,1-5H3. The zero-order chi connectivity index (χ0) is 12.1. The second kappa shape index (κ2) is 6.38. The molecule has 92 valence electrons. The Hall–Kier alpha value is -0.380. The molecular formula is C13H23NOS. The van der Waals surface area contributed by atoms with Crippen LogP contribution < -0.4 is 5.32 Å². The number of hydrogen-bond acceptors (Lipinski definition) is 3. The lowest BCUT2D eigenvalue weighted by molar-refractivity contribution is 0.0890. The van der Waals surface area contributed by atoms with E-state index < -0.39 is 0 Å². The van der Waals surface area contributed by atoms with E-state index in [9.17, 15) is 0 Å². The summed E-state index contributed by atoms with van der Waals surface area (Å²) >= 11 is 1.89. The van der Waals surface area contributed by atoms with E-state index in [1.165, 1.54) is 15.3 Å². The summed E-state index contributed by atoms with van der Waals surface area (Å²) in [7, 11) is 1.76. The minimum atomic E-state index is 0.269. The van der Waals surface area contributed by atoms with Gasteiger partial charge in [0.1, 0.15) is 0 Å². The fourth-order valence-corrected chi connectivity index (χ4v) is 2.71. The predicted molar refractivity (Wildman–Crippen MR) is 71.4 cm³/mol. The maximum absolute atomic E-state index is 5.28. The number of methoxy groups -OCH3 is 1. The van der Waals surface area contributed by atoms with Gasteiger partial charge in [0.05, 0.1) is 6.10 Å². The summed E-state index contributed by atoms with van der Waals surface area (Å²) in [6.45, 7) is 9.65. The first kappa shape index (κ1) is 13.7. The van der Waals surface area contributed by atoms with Gasteiger partial charge in [0.15, 0.2) is 0 Å². The van der Waals surface area contributed by atoms with Crippen LogP contribution in [0.15, 0.2) is 6.07 Å². The Labute approximate surface area is 103 Å². The van der Waals surface area contributed by atoms with Gasteiger partial charge < -0.3 is 10.1 Å². The normalized spacial score (nSPS) is 15.1. The van der Waals surface area contributed by atoms with Gasteiger partial charge in [0.2, 0.25) is 0 Å². The average Bonchev–Trinajstić information content (AvgIpc) is 2.56. The highest BCUT2D eigenvalue weighted by Crippen LogP contribution is 2.20.